The van der Waals surface area contributed by atoms with Crippen molar-refractivity contribution < 1.29 is 4.74 Å². The predicted molar refractivity (Wildman–Crippen MR) is 79.5 cm³/mol. The Kier molecular flexibility index (Phi) is 4.34. The van der Waals surface area contributed by atoms with Crippen LogP contribution < -0.4 is 16.0 Å². The fourth-order valence-electron chi connectivity index (χ4n) is 1.62. The Morgan fingerprint density at radius 2 is 2.32 bits per heavy atom. The van der Waals surface area contributed by atoms with Crippen LogP contribution in [0, 0.1) is 0 Å². The number of nitrogens with two attached hydrogens (primary N) is 1. The minimum atomic E-state index is 0.377. The van der Waals surface area contributed by atoms with Gasteiger partial charge < -0.3 is 4.74 Å². The van der Waals surface area contributed by atoms with Crippen LogP contribution in [0.4, 0.5) is 5.95 Å². The van der Waals surface area contributed by atoms with Crippen LogP contribution in [-0.4, -0.2) is 16.6 Å². The quantitative estimate of drug-likeness (QED) is 0.483. The summed E-state index contributed by atoms with van der Waals surface area (Å²) < 4.78 is 5.73. The van der Waals surface area contributed by atoms with Gasteiger partial charge in [0.1, 0.15) is 4.83 Å². The van der Waals surface area contributed by atoms with Crippen molar-refractivity contribution in [3.05, 3.63) is 23.1 Å². The van der Waals surface area contributed by atoms with E-state index in [1.54, 1.807) is 11.3 Å². The number of fused-ring (bicyclic) bond motifs is 1. The maximum atomic E-state index is 5.73. The van der Waals surface area contributed by atoms with E-state index in [-0.39, 0.29) is 0 Å². The molecule has 2 aromatic heterocycles. The van der Waals surface area contributed by atoms with Crippen LogP contribution in [0.1, 0.15) is 25.1 Å². The average molecular weight is 278 g/mol. The molecule has 0 unspecified atom stereocenters. The summed E-state index contributed by atoms with van der Waals surface area (Å²) in [5.74, 6) is 6.34. The van der Waals surface area contributed by atoms with Crippen LogP contribution in [0.25, 0.3) is 10.2 Å². The van der Waals surface area contributed by atoms with Gasteiger partial charge in [-0.3, -0.25) is 5.43 Å². The Labute approximate surface area is 116 Å². The fraction of sp³-hybridized carbons (Fsp3) is 0.385. The molecule has 6 heteroatoms. The number of aryl methyl sites for hydroxylation is 1. The average Bonchev–Trinajstić information content (AvgIpc) is 2.81. The third-order valence-electron chi connectivity index (χ3n) is 2.65. The van der Waals surface area contributed by atoms with Gasteiger partial charge in [0.2, 0.25) is 11.8 Å². The number of anilines is 1. The minimum absolute atomic E-state index is 0.377. The number of hydrogen-bond donors (Lipinski definition) is 2. The van der Waals surface area contributed by atoms with Gasteiger partial charge in [0.25, 0.3) is 0 Å². The second-order valence-corrected chi connectivity index (χ2v) is 5.45. The summed E-state index contributed by atoms with van der Waals surface area (Å²) in [5.41, 5.74) is 3.56. The molecular formula is C13H18N4OS. The number of aromatic nitrogens is 2. The third kappa shape index (κ3) is 3.21. The Morgan fingerprint density at radius 1 is 1.53 bits per heavy atom. The lowest BCUT2D eigenvalue weighted by Gasteiger charge is -2.07. The Bertz CT molecular complexity index is 594. The molecule has 0 aliphatic rings. The standard InChI is InChI=1S/C13H18N4OS/c1-4-9-7-10-11(18-6-5-8(2)3)15-13(17-14)16-12(10)19-9/h7H,2,4-6,14H2,1,3H3,(H,15,16,17). The Balaban J connectivity index is 2.33. The van der Waals surface area contributed by atoms with Gasteiger partial charge in [0.15, 0.2) is 0 Å². The van der Waals surface area contributed by atoms with Crippen molar-refractivity contribution in [3.63, 3.8) is 0 Å². The molecule has 102 valence electrons. The smallest absolute Gasteiger partial charge is 0.241 e. The molecule has 3 N–H and O–H groups in total. The van der Waals surface area contributed by atoms with Crippen molar-refractivity contribution in [2.24, 2.45) is 5.84 Å². The summed E-state index contributed by atoms with van der Waals surface area (Å²) in [6.45, 7) is 8.51. The highest BCUT2D eigenvalue weighted by Gasteiger charge is 2.12. The summed E-state index contributed by atoms with van der Waals surface area (Å²) in [6, 6.07) is 2.08. The highest BCUT2D eigenvalue weighted by Crippen LogP contribution is 2.31. The van der Waals surface area contributed by atoms with E-state index < -0.39 is 0 Å². The van der Waals surface area contributed by atoms with E-state index in [1.165, 1.54) is 4.88 Å². The van der Waals surface area contributed by atoms with Gasteiger partial charge in [0.05, 0.1) is 12.0 Å². The molecule has 2 heterocycles. The van der Waals surface area contributed by atoms with Crippen molar-refractivity contribution >= 4 is 27.5 Å². The molecule has 0 radical (unpaired) electrons. The first-order chi connectivity index (χ1) is 9.13. The molecule has 5 nitrogen and oxygen atoms in total. The van der Waals surface area contributed by atoms with Gasteiger partial charge in [-0.25, -0.2) is 10.8 Å². The zero-order valence-electron chi connectivity index (χ0n) is 11.2. The van der Waals surface area contributed by atoms with Crippen LogP contribution in [0.2, 0.25) is 0 Å². The van der Waals surface area contributed by atoms with E-state index in [4.69, 9.17) is 10.6 Å². The lowest BCUT2D eigenvalue weighted by atomic mass is 10.3. The van der Waals surface area contributed by atoms with Gasteiger partial charge in [0, 0.05) is 11.3 Å². The van der Waals surface area contributed by atoms with E-state index in [0.717, 1.165) is 28.6 Å². The van der Waals surface area contributed by atoms with Gasteiger partial charge in [-0.05, 0) is 19.4 Å². The maximum absolute atomic E-state index is 5.73. The Morgan fingerprint density at radius 3 is 2.95 bits per heavy atom. The topological polar surface area (TPSA) is 73.1 Å². The monoisotopic (exact) mass is 278 g/mol. The molecule has 0 atom stereocenters. The number of hydrogen-bond acceptors (Lipinski definition) is 6. The third-order valence-corrected chi connectivity index (χ3v) is 3.83. The molecule has 0 saturated heterocycles. The van der Waals surface area contributed by atoms with E-state index in [9.17, 15) is 0 Å². The van der Waals surface area contributed by atoms with Gasteiger partial charge in [-0.2, -0.15) is 4.98 Å². The molecule has 0 spiro atoms. The van der Waals surface area contributed by atoms with Gasteiger partial charge in [-0.1, -0.05) is 12.5 Å². The van der Waals surface area contributed by atoms with Crippen molar-refractivity contribution in [1.82, 2.24) is 9.97 Å². The van der Waals surface area contributed by atoms with Gasteiger partial charge >= 0.3 is 0 Å². The lowest BCUT2D eigenvalue weighted by molar-refractivity contribution is 0.313. The van der Waals surface area contributed by atoms with Crippen molar-refractivity contribution in [3.8, 4) is 5.88 Å². The summed E-state index contributed by atoms with van der Waals surface area (Å²) >= 11 is 1.64. The zero-order valence-corrected chi connectivity index (χ0v) is 12.0. The molecule has 19 heavy (non-hydrogen) atoms. The largest absolute Gasteiger partial charge is 0.477 e. The second-order valence-electron chi connectivity index (χ2n) is 4.34. The van der Waals surface area contributed by atoms with Crippen LogP contribution in [0.5, 0.6) is 5.88 Å². The number of rotatable bonds is 6. The summed E-state index contributed by atoms with van der Waals surface area (Å²) in [6.07, 6.45) is 1.78. The van der Waals surface area contributed by atoms with Crippen LogP contribution in [-0.2, 0) is 6.42 Å². The molecule has 0 aliphatic heterocycles. The van der Waals surface area contributed by atoms with Crippen molar-refractivity contribution in [1.29, 1.82) is 0 Å². The molecule has 0 amide bonds. The second kappa shape index (κ2) is 5.99. The van der Waals surface area contributed by atoms with E-state index >= 15 is 0 Å². The van der Waals surface area contributed by atoms with E-state index in [2.05, 4.69) is 35.0 Å². The zero-order chi connectivity index (χ0) is 13.8. The number of nitrogen functional groups attached to an aromatic ring is 1. The molecule has 2 rings (SSSR count). The van der Waals surface area contributed by atoms with Crippen molar-refractivity contribution in [2.75, 3.05) is 12.0 Å². The maximum Gasteiger partial charge on any atom is 0.241 e. The molecule has 0 saturated carbocycles. The highest BCUT2D eigenvalue weighted by atomic mass is 32.1. The summed E-state index contributed by atoms with van der Waals surface area (Å²) in [4.78, 5) is 10.8. The van der Waals surface area contributed by atoms with Crippen molar-refractivity contribution in [2.45, 2.75) is 26.7 Å². The molecular weight excluding hydrogens is 260 g/mol. The Hall–Kier alpha value is -1.66. The predicted octanol–water partition coefficient (Wildman–Crippen LogP) is 2.88. The highest BCUT2D eigenvalue weighted by molar-refractivity contribution is 7.18. The molecule has 0 aromatic carbocycles. The van der Waals surface area contributed by atoms with E-state index in [0.29, 0.717) is 18.4 Å². The normalized spacial score (nSPS) is 10.7. The number of nitrogens with one attached hydrogen (secondary N) is 1. The number of ether oxygens (including phenoxy) is 1. The summed E-state index contributed by atoms with van der Waals surface area (Å²) in [7, 11) is 0. The minimum Gasteiger partial charge on any atom is -0.477 e. The van der Waals surface area contributed by atoms with Gasteiger partial charge in [-0.15, -0.1) is 17.9 Å². The molecule has 2 aromatic rings. The first-order valence-electron chi connectivity index (χ1n) is 6.18. The molecule has 0 bridgehead atoms. The van der Waals surface area contributed by atoms with Crippen LogP contribution >= 0.6 is 11.3 Å². The fourth-order valence-corrected chi connectivity index (χ4v) is 2.57. The number of thiophene rings is 1. The number of hydrazine groups is 1. The first-order valence-corrected chi connectivity index (χ1v) is 7.00. The van der Waals surface area contributed by atoms with E-state index in [1.807, 2.05) is 6.92 Å². The summed E-state index contributed by atoms with van der Waals surface area (Å²) in [5, 5.41) is 0.947. The lowest BCUT2D eigenvalue weighted by Crippen LogP contribution is -2.11. The molecule has 0 aliphatic carbocycles. The van der Waals surface area contributed by atoms with Crippen LogP contribution in [0.3, 0.4) is 0 Å². The SMILES string of the molecule is C=C(C)CCOc1nc(NN)nc2sc(CC)cc12. The number of nitrogens with zero attached hydrogens (tertiary/aromatic N) is 2. The van der Waals surface area contributed by atoms with Crippen LogP contribution in [0.15, 0.2) is 18.2 Å². The first kappa shape index (κ1) is 13.8. The molecule has 0 fully saturated rings.